The first kappa shape index (κ1) is 13.2. The van der Waals surface area contributed by atoms with E-state index in [0.29, 0.717) is 13.1 Å². The van der Waals surface area contributed by atoms with E-state index in [1.807, 2.05) is 20.8 Å². The van der Waals surface area contributed by atoms with Crippen molar-refractivity contribution in [2.24, 2.45) is 0 Å². The summed E-state index contributed by atoms with van der Waals surface area (Å²) in [5.74, 6) is 0. The first-order valence-corrected chi connectivity index (χ1v) is 4.79. The van der Waals surface area contributed by atoms with E-state index < -0.39 is 11.7 Å². The number of unbranched alkanes of at least 4 members (excludes halogenated alkanes) is 1. The molecule has 0 unspecified atom stereocenters. The maximum absolute atomic E-state index is 11.1. The maximum atomic E-state index is 11.1. The Morgan fingerprint density at radius 1 is 1.29 bits per heavy atom. The number of rotatable bonds is 5. The molecule has 0 radical (unpaired) electrons. The summed E-state index contributed by atoms with van der Waals surface area (Å²) in [4.78, 5) is 11.1. The summed E-state index contributed by atoms with van der Waals surface area (Å²) in [6.45, 7) is 6.57. The van der Waals surface area contributed by atoms with Crippen LogP contribution in [0.2, 0.25) is 0 Å². The average molecular weight is 204 g/mol. The van der Waals surface area contributed by atoms with E-state index in [0.717, 1.165) is 12.8 Å². The van der Waals surface area contributed by atoms with E-state index >= 15 is 0 Å². The topological polar surface area (TPSA) is 70.6 Å². The van der Waals surface area contributed by atoms with E-state index in [1.54, 1.807) is 0 Å². The smallest absolute Gasteiger partial charge is 0.407 e. The predicted octanol–water partition coefficient (Wildman–Crippen LogP) is 1.27. The molecule has 0 aliphatic carbocycles. The van der Waals surface area contributed by atoms with Crippen molar-refractivity contribution in [1.29, 1.82) is 0 Å². The van der Waals surface area contributed by atoms with Gasteiger partial charge in [-0.1, -0.05) is 0 Å². The van der Waals surface area contributed by atoms with Gasteiger partial charge in [-0.3, -0.25) is 0 Å². The van der Waals surface area contributed by atoms with Crippen molar-refractivity contribution in [2.45, 2.75) is 39.2 Å². The summed E-state index contributed by atoms with van der Waals surface area (Å²) >= 11 is 0. The third-order valence-electron chi connectivity index (χ3n) is 1.38. The normalized spacial score (nSPS) is 11.1. The summed E-state index contributed by atoms with van der Waals surface area (Å²) < 4.78 is 5.03. The number of hydroxylamine groups is 1. The molecule has 0 rings (SSSR count). The van der Waals surface area contributed by atoms with Crippen LogP contribution in [0.15, 0.2) is 0 Å². The lowest BCUT2D eigenvalue weighted by Gasteiger charge is -2.19. The second-order valence-electron chi connectivity index (χ2n) is 4.04. The highest BCUT2D eigenvalue weighted by molar-refractivity contribution is 5.67. The summed E-state index contributed by atoms with van der Waals surface area (Å²) in [7, 11) is 0. The number of ether oxygens (including phenoxy) is 1. The first-order chi connectivity index (χ1) is 6.45. The monoisotopic (exact) mass is 204 g/mol. The molecular formula is C9H20N2O3. The standard InChI is InChI=1S/C9H20N2O3/c1-9(2,3)14-8(12)10-6-4-5-7-11-13/h11,13H,4-7H2,1-3H3,(H,10,12). The molecule has 0 bridgehead atoms. The Kier molecular flexibility index (Phi) is 6.23. The quantitative estimate of drug-likeness (QED) is 0.466. The lowest BCUT2D eigenvalue weighted by molar-refractivity contribution is 0.0526. The SMILES string of the molecule is CC(C)(C)OC(=O)NCCCCNO. The molecule has 0 heterocycles. The molecule has 0 fully saturated rings. The molecule has 0 atom stereocenters. The number of carbonyl (C=O) groups is 1. The van der Waals surface area contributed by atoms with Crippen LogP contribution in [-0.2, 0) is 4.74 Å². The second-order valence-corrected chi connectivity index (χ2v) is 4.04. The summed E-state index contributed by atoms with van der Waals surface area (Å²) in [6.07, 6.45) is 1.23. The van der Waals surface area contributed by atoms with Gasteiger partial charge >= 0.3 is 6.09 Å². The van der Waals surface area contributed by atoms with Crippen LogP contribution in [0.5, 0.6) is 0 Å². The molecule has 5 nitrogen and oxygen atoms in total. The van der Waals surface area contributed by atoms with Crippen LogP contribution >= 0.6 is 0 Å². The highest BCUT2D eigenvalue weighted by atomic mass is 16.6. The maximum Gasteiger partial charge on any atom is 0.407 e. The van der Waals surface area contributed by atoms with Crippen molar-refractivity contribution in [1.82, 2.24) is 10.8 Å². The lowest BCUT2D eigenvalue weighted by Crippen LogP contribution is -2.33. The summed E-state index contributed by atoms with van der Waals surface area (Å²) in [5.41, 5.74) is 1.60. The minimum Gasteiger partial charge on any atom is -0.444 e. The Hall–Kier alpha value is -0.810. The number of hydrogen-bond acceptors (Lipinski definition) is 4. The lowest BCUT2D eigenvalue weighted by atomic mass is 10.2. The highest BCUT2D eigenvalue weighted by Gasteiger charge is 2.15. The zero-order valence-corrected chi connectivity index (χ0v) is 9.09. The molecule has 0 aliphatic heterocycles. The molecule has 1 amide bonds. The summed E-state index contributed by atoms with van der Waals surface area (Å²) in [5, 5.41) is 10.9. The molecule has 5 heteroatoms. The fraction of sp³-hybridized carbons (Fsp3) is 0.889. The summed E-state index contributed by atoms with van der Waals surface area (Å²) in [6, 6.07) is 0. The van der Waals surface area contributed by atoms with Gasteiger partial charge in [0, 0.05) is 13.1 Å². The van der Waals surface area contributed by atoms with Crippen molar-refractivity contribution in [3.05, 3.63) is 0 Å². The largest absolute Gasteiger partial charge is 0.444 e. The fourth-order valence-electron chi connectivity index (χ4n) is 0.834. The molecule has 84 valence electrons. The Morgan fingerprint density at radius 3 is 2.36 bits per heavy atom. The van der Waals surface area contributed by atoms with E-state index in [9.17, 15) is 4.79 Å². The van der Waals surface area contributed by atoms with Gasteiger partial charge in [-0.25, -0.2) is 10.3 Å². The molecule has 0 aromatic heterocycles. The van der Waals surface area contributed by atoms with Gasteiger partial charge in [0.15, 0.2) is 0 Å². The zero-order chi connectivity index (χ0) is 11.0. The Bertz CT molecular complexity index is 166. The van der Waals surface area contributed by atoms with E-state index in [2.05, 4.69) is 10.8 Å². The van der Waals surface area contributed by atoms with Gasteiger partial charge in [0.05, 0.1) is 0 Å². The van der Waals surface area contributed by atoms with Crippen molar-refractivity contribution in [3.8, 4) is 0 Å². The van der Waals surface area contributed by atoms with E-state index in [4.69, 9.17) is 9.94 Å². The molecule has 3 N–H and O–H groups in total. The third-order valence-corrected chi connectivity index (χ3v) is 1.38. The molecule has 0 aromatic rings. The Morgan fingerprint density at radius 2 is 1.86 bits per heavy atom. The molecule has 14 heavy (non-hydrogen) atoms. The number of amides is 1. The number of carbonyl (C=O) groups excluding carboxylic acids is 1. The molecule has 0 aromatic carbocycles. The minimum absolute atomic E-state index is 0.394. The molecular weight excluding hydrogens is 184 g/mol. The van der Waals surface area contributed by atoms with Crippen molar-refractivity contribution < 1.29 is 14.7 Å². The van der Waals surface area contributed by atoms with Crippen molar-refractivity contribution >= 4 is 6.09 Å². The first-order valence-electron chi connectivity index (χ1n) is 4.79. The van der Waals surface area contributed by atoms with Crippen LogP contribution in [0.1, 0.15) is 33.6 Å². The average Bonchev–Trinajstić information content (AvgIpc) is 2.00. The zero-order valence-electron chi connectivity index (χ0n) is 9.09. The van der Waals surface area contributed by atoms with Crippen LogP contribution in [0.4, 0.5) is 4.79 Å². The number of hydrogen-bond donors (Lipinski definition) is 3. The van der Waals surface area contributed by atoms with E-state index in [-0.39, 0.29) is 0 Å². The number of nitrogens with one attached hydrogen (secondary N) is 2. The van der Waals surface area contributed by atoms with Gasteiger partial charge in [0.1, 0.15) is 5.60 Å². The molecule has 0 saturated carbocycles. The van der Waals surface area contributed by atoms with Crippen LogP contribution in [0.3, 0.4) is 0 Å². The van der Waals surface area contributed by atoms with Gasteiger partial charge < -0.3 is 15.3 Å². The third kappa shape index (κ3) is 9.28. The minimum atomic E-state index is -0.448. The van der Waals surface area contributed by atoms with Crippen molar-refractivity contribution in [3.63, 3.8) is 0 Å². The van der Waals surface area contributed by atoms with E-state index in [1.165, 1.54) is 0 Å². The van der Waals surface area contributed by atoms with Gasteiger partial charge in [-0.15, -0.1) is 0 Å². The van der Waals surface area contributed by atoms with Crippen molar-refractivity contribution in [2.75, 3.05) is 13.1 Å². The fourth-order valence-corrected chi connectivity index (χ4v) is 0.834. The Labute approximate surface area is 84.8 Å². The molecule has 0 saturated heterocycles. The van der Waals surface area contributed by atoms with Crippen LogP contribution < -0.4 is 10.8 Å². The van der Waals surface area contributed by atoms with Gasteiger partial charge in [-0.05, 0) is 33.6 Å². The number of alkyl carbamates (subject to hydrolysis) is 1. The van der Waals surface area contributed by atoms with Crippen LogP contribution in [0, 0.1) is 0 Å². The highest BCUT2D eigenvalue weighted by Crippen LogP contribution is 2.06. The van der Waals surface area contributed by atoms with Crippen LogP contribution in [0.25, 0.3) is 0 Å². The predicted molar refractivity (Wildman–Crippen MR) is 53.3 cm³/mol. The molecule has 0 spiro atoms. The Balaban J connectivity index is 3.36. The molecule has 0 aliphatic rings. The van der Waals surface area contributed by atoms with Gasteiger partial charge in [0.25, 0.3) is 0 Å². The van der Waals surface area contributed by atoms with Crippen LogP contribution in [-0.4, -0.2) is 30.0 Å². The second kappa shape index (κ2) is 6.62. The van der Waals surface area contributed by atoms with Gasteiger partial charge in [-0.2, -0.15) is 0 Å². The van der Waals surface area contributed by atoms with Gasteiger partial charge in [0.2, 0.25) is 0 Å².